The predicted molar refractivity (Wildman–Crippen MR) is 57.9 cm³/mol. The van der Waals surface area contributed by atoms with E-state index in [0.717, 1.165) is 6.07 Å². The van der Waals surface area contributed by atoms with Gasteiger partial charge in [0.15, 0.2) is 17.5 Å². The summed E-state index contributed by atoms with van der Waals surface area (Å²) in [7, 11) is 1.78. The van der Waals surface area contributed by atoms with Crippen LogP contribution in [0.5, 0.6) is 0 Å². The van der Waals surface area contributed by atoms with Gasteiger partial charge in [-0.1, -0.05) is 6.07 Å². The number of rotatable bonds is 4. The molecule has 0 aliphatic heterocycles. The minimum atomic E-state index is -0.833. The van der Waals surface area contributed by atoms with Crippen LogP contribution in [-0.2, 0) is 20.1 Å². The van der Waals surface area contributed by atoms with Crippen molar-refractivity contribution in [1.29, 1.82) is 0 Å². The topological polar surface area (TPSA) is 42.7 Å². The average Bonchev–Trinajstić information content (AvgIpc) is 2.70. The predicted octanol–water partition coefficient (Wildman–Crippen LogP) is 1.38. The molecular formula is C11H12F2N4. The standard InChI is InChI=1S/C11H12F2N4/c1-17-7-15-11(16-17)6-14-5-8-2-3-9(12)10(13)4-8/h2-4,7,14H,5-6H2,1H3. The van der Waals surface area contributed by atoms with Crippen LogP contribution in [-0.4, -0.2) is 14.8 Å². The van der Waals surface area contributed by atoms with E-state index < -0.39 is 11.6 Å². The second kappa shape index (κ2) is 5.01. The van der Waals surface area contributed by atoms with Crippen molar-refractivity contribution in [2.24, 2.45) is 7.05 Å². The number of nitrogens with one attached hydrogen (secondary N) is 1. The van der Waals surface area contributed by atoms with E-state index in [1.807, 2.05) is 0 Å². The lowest BCUT2D eigenvalue weighted by molar-refractivity contribution is 0.505. The molecule has 0 unspecified atom stereocenters. The first-order valence-electron chi connectivity index (χ1n) is 5.14. The zero-order valence-corrected chi connectivity index (χ0v) is 9.32. The van der Waals surface area contributed by atoms with Gasteiger partial charge in [-0.25, -0.2) is 13.8 Å². The highest BCUT2D eigenvalue weighted by Gasteiger charge is 2.03. The zero-order chi connectivity index (χ0) is 12.3. The van der Waals surface area contributed by atoms with Gasteiger partial charge in [0.25, 0.3) is 0 Å². The summed E-state index contributed by atoms with van der Waals surface area (Å²) in [5.41, 5.74) is 0.680. The third-order valence-electron chi connectivity index (χ3n) is 2.24. The van der Waals surface area contributed by atoms with Crippen LogP contribution in [0.3, 0.4) is 0 Å². The van der Waals surface area contributed by atoms with Gasteiger partial charge in [-0.3, -0.25) is 4.68 Å². The number of hydrogen-bond donors (Lipinski definition) is 1. The molecule has 0 aliphatic rings. The Labute approximate surface area is 97.3 Å². The first-order valence-corrected chi connectivity index (χ1v) is 5.14. The van der Waals surface area contributed by atoms with Gasteiger partial charge in [-0.2, -0.15) is 5.10 Å². The molecule has 1 heterocycles. The molecule has 0 atom stereocenters. The van der Waals surface area contributed by atoms with Crippen molar-refractivity contribution in [2.45, 2.75) is 13.1 Å². The summed E-state index contributed by atoms with van der Waals surface area (Å²) in [5, 5.41) is 7.13. The lowest BCUT2D eigenvalue weighted by Crippen LogP contribution is -2.14. The van der Waals surface area contributed by atoms with E-state index in [2.05, 4.69) is 15.4 Å². The van der Waals surface area contributed by atoms with Crippen LogP contribution in [0.15, 0.2) is 24.5 Å². The molecule has 0 saturated heterocycles. The molecule has 6 heteroatoms. The molecule has 0 saturated carbocycles. The highest BCUT2D eigenvalue weighted by atomic mass is 19.2. The molecule has 2 rings (SSSR count). The van der Waals surface area contributed by atoms with Crippen molar-refractivity contribution < 1.29 is 8.78 Å². The molecular weight excluding hydrogens is 226 g/mol. The fraction of sp³-hybridized carbons (Fsp3) is 0.273. The molecule has 17 heavy (non-hydrogen) atoms. The number of halogens is 2. The van der Waals surface area contributed by atoms with Crippen LogP contribution >= 0.6 is 0 Å². The molecule has 1 aromatic heterocycles. The summed E-state index contributed by atoms with van der Waals surface area (Å²) >= 11 is 0. The Hall–Kier alpha value is -1.82. The van der Waals surface area contributed by atoms with E-state index in [4.69, 9.17) is 0 Å². The van der Waals surface area contributed by atoms with E-state index in [1.54, 1.807) is 18.1 Å². The minimum absolute atomic E-state index is 0.440. The maximum absolute atomic E-state index is 12.9. The monoisotopic (exact) mass is 238 g/mol. The molecule has 1 N–H and O–H groups in total. The van der Waals surface area contributed by atoms with Gasteiger partial charge in [-0.05, 0) is 17.7 Å². The smallest absolute Gasteiger partial charge is 0.164 e. The number of aryl methyl sites for hydroxylation is 1. The third kappa shape index (κ3) is 3.07. The Morgan fingerprint density at radius 1 is 1.24 bits per heavy atom. The summed E-state index contributed by atoms with van der Waals surface area (Å²) in [6.07, 6.45) is 1.61. The van der Waals surface area contributed by atoms with Crippen LogP contribution < -0.4 is 5.32 Å². The molecule has 0 bridgehead atoms. The van der Waals surface area contributed by atoms with Crippen molar-refractivity contribution in [3.05, 3.63) is 47.5 Å². The number of aromatic nitrogens is 3. The fourth-order valence-corrected chi connectivity index (χ4v) is 1.43. The summed E-state index contributed by atoms with van der Waals surface area (Å²) in [5.74, 6) is -1.00. The molecule has 0 amide bonds. The van der Waals surface area contributed by atoms with Crippen molar-refractivity contribution in [3.63, 3.8) is 0 Å². The minimum Gasteiger partial charge on any atom is -0.306 e. The Morgan fingerprint density at radius 3 is 2.71 bits per heavy atom. The first kappa shape index (κ1) is 11.7. The van der Waals surface area contributed by atoms with E-state index in [-0.39, 0.29) is 0 Å². The molecule has 0 spiro atoms. The quantitative estimate of drug-likeness (QED) is 0.875. The highest BCUT2D eigenvalue weighted by molar-refractivity contribution is 5.17. The first-order chi connectivity index (χ1) is 8.15. The molecule has 1 aromatic carbocycles. The van der Waals surface area contributed by atoms with Crippen LogP contribution in [0.25, 0.3) is 0 Å². The molecule has 0 fully saturated rings. The Bertz CT molecular complexity index is 510. The normalized spacial score (nSPS) is 10.8. The van der Waals surface area contributed by atoms with E-state index in [1.165, 1.54) is 12.1 Å². The highest BCUT2D eigenvalue weighted by Crippen LogP contribution is 2.08. The fourth-order valence-electron chi connectivity index (χ4n) is 1.43. The van der Waals surface area contributed by atoms with Gasteiger partial charge in [0.2, 0.25) is 0 Å². The number of benzene rings is 1. The Kier molecular flexibility index (Phi) is 3.43. The van der Waals surface area contributed by atoms with Gasteiger partial charge < -0.3 is 5.32 Å². The number of nitrogens with zero attached hydrogens (tertiary/aromatic N) is 3. The van der Waals surface area contributed by atoms with E-state index in [0.29, 0.717) is 24.5 Å². The molecule has 0 aliphatic carbocycles. The summed E-state index contributed by atoms with van der Waals surface area (Å²) in [4.78, 5) is 4.03. The van der Waals surface area contributed by atoms with E-state index in [9.17, 15) is 8.78 Å². The van der Waals surface area contributed by atoms with Crippen molar-refractivity contribution in [3.8, 4) is 0 Å². The second-order valence-corrected chi connectivity index (χ2v) is 3.69. The van der Waals surface area contributed by atoms with Gasteiger partial charge >= 0.3 is 0 Å². The Morgan fingerprint density at radius 2 is 2.06 bits per heavy atom. The summed E-state index contributed by atoms with van der Waals surface area (Å²) in [6.45, 7) is 0.926. The van der Waals surface area contributed by atoms with Crippen LogP contribution in [0, 0.1) is 11.6 Å². The second-order valence-electron chi connectivity index (χ2n) is 3.69. The Balaban J connectivity index is 1.87. The zero-order valence-electron chi connectivity index (χ0n) is 9.32. The number of hydrogen-bond acceptors (Lipinski definition) is 3. The van der Waals surface area contributed by atoms with Crippen LogP contribution in [0.4, 0.5) is 8.78 Å². The van der Waals surface area contributed by atoms with Gasteiger partial charge in [-0.15, -0.1) is 0 Å². The lowest BCUT2D eigenvalue weighted by Gasteiger charge is -2.03. The van der Waals surface area contributed by atoms with Gasteiger partial charge in [0, 0.05) is 13.6 Å². The largest absolute Gasteiger partial charge is 0.306 e. The van der Waals surface area contributed by atoms with Crippen molar-refractivity contribution >= 4 is 0 Å². The maximum atomic E-state index is 12.9. The molecule has 2 aromatic rings. The third-order valence-corrected chi connectivity index (χ3v) is 2.24. The molecule has 4 nitrogen and oxygen atoms in total. The molecule has 0 radical (unpaired) electrons. The average molecular weight is 238 g/mol. The van der Waals surface area contributed by atoms with E-state index >= 15 is 0 Å². The van der Waals surface area contributed by atoms with Crippen molar-refractivity contribution in [2.75, 3.05) is 0 Å². The van der Waals surface area contributed by atoms with Gasteiger partial charge in [0.05, 0.1) is 6.54 Å². The SMILES string of the molecule is Cn1cnc(CNCc2ccc(F)c(F)c2)n1. The van der Waals surface area contributed by atoms with Crippen LogP contribution in [0.1, 0.15) is 11.4 Å². The lowest BCUT2D eigenvalue weighted by atomic mass is 10.2. The van der Waals surface area contributed by atoms with Crippen LogP contribution in [0.2, 0.25) is 0 Å². The maximum Gasteiger partial charge on any atom is 0.164 e. The summed E-state index contributed by atoms with van der Waals surface area (Å²) in [6, 6.07) is 3.83. The van der Waals surface area contributed by atoms with Crippen molar-refractivity contribution in [1.82, 2.24) is 20.1 Å². The summed E-state index contributed by atoms with van der Waals surface area (Å²) < 4.78 is 27.2. The van der Waals surface area contributed by atoms with Gasteiger partial charge in [0.1, 0.15) is 6.33 Å². The molecule has 90 valence electrons.